The van der Waals surface area contributed by atoms with E-state index in [9.17, 15) is 4.79 Å². The minimum absolute atomic E-state index is 0.0655. The molecule has 0 saturated heterocycles. The average Bonchev–Trinajstić information content (AvgIpc) is 2.98. The Hall–Kier alpha value is -2.53. The van der Waals surface area contributed by atoms with Crippen molar-refractivity contribution in [3.8, 4) is 5.75 Å². The molecule has 2 aromatic carbocycles. The fourth-order valence-electron chi connectivity index (χ4n) is 2.36. The van der Waals surface area contributed by atoms with E-state index in [2.05, 4.69) is 15.5 Å². The number of hydrogen-bond acceptors (Lipinski definition) is 3. The van der Waals surface area contributed by atoms with Crippen molar-refractivity contribution in [3.05, 3.63) is 52.7 Å². The number of nitrogens with zero attached hydrogens (tertiary/aromatic N) is 1. The van der Waals surface area contributed by atoms with Crippen LogP contribution in [0.1, 0.15) is 11.1 Å². The van der Waals surface area contributed by atoms with E-state index in [-0.39, 0.29) is 12.5 Å². The molecule has 1 heterocycles. The van der Waals surface area contributed by atoms with Crippen LogP contribution in [0.25, 0.3) is 10.9 Å². The Bertz CT molecular complexity index is 850. The first-order chi connectivity index (χ1) is 11.0. The maximum atomic E-state index is 12.0. The van der Waals surface area contributed by atoms with E-state index in [0.29, 0.717) is 11.4 Å². The number of hydrogen-bond donors (Lipinski definition) is 2. The summed E-state index contributed by atoms with van der Waals surface area (Å²) >= 11 is 6.12. The minimum atomic E-state index is -0.224. The normalized spacial score (nSPS) is 10.7. The summed E-state index contributed by atoms with van der Waals surface area (Å²) in [5.41, 5.74) is 3.47. The van der Waals surface area contributed by atoms with Crippen molar-refractivity contribution in [3.63, 3.8) is 0 Å². The second kappa shape index (κ2) is 6.30. The van der Waals surface area contributed by atoms with Crippen molar-refractivity contribution in [1.29, 1.82) is 0 Å². The molecular formula is C17H16ClN3O2. The fourth-order valence-corrected chi connectivity index (χ4v) is 2.47. The number of aromatic amines is 1. The molecule has 0 fully saturated rings. The van der Waals surface area contributed by atoms with Crippen LogP contribution < -0.4 is 10.1 Å². The predicted octanol–water partition coefficient (Wildman–Crippen LogP) is 3.85. The first kappa shape index (κ1) is 15.4. The molecule has 6 heteroatoms. The van der Waals surface area contributed by atoms with Gasteiger partial charge in [-0.1, -0.05) is 11.6 Å². The highest BCUT2D eigenvalue weighted by Crippen LogP contribution is 2.25. The molecule has 0 aliphatic heterocycles. The molecule has 23 heavy (non-hydrogen) atoms. The van der Waals surface area contributed by atoms with Crippen LogP contribution in [0.5, 0.6) is 5.75 Å². The molecule has 1 amide bonds. The Labute approximate surface area is 138 Å². The van der Waals surface area contributed by atoms with E-state index >= 15 is 0 Å². The lowest BCUT2D eigenvalue weighted by atomic mass is 10.1. The van der Waals surface area contributed by atoms with Gasteiger partial charge in [-0.3, -0.25) is 9.89 Å². The molecule has 1 aromatic heterocycles. The number of fused-ring (bicyclic) bond motifs is 1. The summed E-state index contributed by atoms with van der Waals surface area (Å²) in [5.74, 6) is 0.405. The summed E-state index contributed by atoms with van der Waals surface area (Å²) in [6.45, 7) is 3.74. The van der Waals surface area contributed by atoms with Gasteiger partial charge in [-0.25, -0.2) is 0 Å². The smallest absolute Gasteiger partial charge is 0.262 e. The third kappa shape index (κ3) is 3.46. The van der Waals surface area contributed by atoms with Crippen LogP contribution in [0, 0.1) is 13.8 Å². The second-order valence-electron chi connectivity index (χ2n) is 5.38. The summed E-state index contributed by atoms with van der Waals surface area (Å²) in [4.78, 5) is 12.0. The Balaban J connectivity index is 1.63. The lowest BCUT2D eigenvalue weighted by molar-refractivity contribution is -0.118. The first-order valence-corrected chi connectivity index (χ1v) is 7.53. The van der Waals surface area contributed by atoms with E-state index in [0.717, 1.165) is 27.1 Å². The monoisotopic (exact) mass is 329 g/mol. The third-order valence-corrected chi connectivity index (χ3v) is 4.10. The van der Waals surface area contributed by atoms with Crippen LogP contribution >= 0.6 is 11.6 Å². The van der Waals surface area contributed by atoms with Crippen LogP contribution in [0.2, 0.25) is 5.02 Å². The van der Waals surface area contributed by atoms with Crippen LogP contribution in [0.15, 0.2) is 36.5 Å². The molecule has 0 unspecified atom stereocenters. The number of halogens is 1. The summed E-state index contributed by atoms with van der Waals surface area (Å²) < 4.78 is 5.54. The number of aryl methyl sites for hydroxylation is 2. The largest absolute Gasteiger partial charge is 0.484 e. The van der Waals surface area contributed by atoms with Gasteiger partial charge >= 0.3 is 0 Å². The number of carbonyl (C=O) groups is 1. The Morgan fingerprint density at radius 3 is 2.74 bits per heavy atom. The molecule has 0 radical (unpaired) electrons. The lowest BCUT2D eigenvalue weighted by Gasteiger charge is -2.10. The van der Waals surface area contributed by atoms with Crippen molar-refractivity contribution in [1.82, 2.24) is 10.2 Å². The highest BCUT2D eigenvalue weighted by atomic mass is 35.5. The molecule has 5 nitrogen and oxygen atoms in total. The maximum absolute atomic E-state index is 12.0. The van der Waals surface area contributed by atoms with E-state index in [4.69, 9.17) is 16.3 Å². The molecule has 3 aromatic rings. The van der Waals surface area contributed by atoms with Crippen molar-refractivity contribution in [2.45, 2.75) is 13.8 Å². The topological polar surface area (TPSA) is 67.0 Å². The Morgan fingerprint density at radius 2 is 2.00 bits per heavy atom. The Kier molecular flexibility index (Phi) is 4.21. The number of rotatable bonds is 4. The second-order valence-corrected chi connectivity index (χ2v) is 5.76. The molecule has 0 spiro atoms. The van der Waals surface area contributed by atoms with Crippen molar-refractivity contribution >= 4 is 34.1 Å². The molecule has 118 valence electrons. The minimum Gasteiger partial charge on any atom is -0.484 e. The molecule has 2 N–H and O–H groups in total. The molecule has 3 rings (SSSR count). The molecule has 0 aliphatic rings. The van der Waals surface area contributed by atoms with E-state index < -0.39 is 0 Å². The number of benzene rings is 2. The van der Waals surface area contributed by atoms with Gasteiger partial charge in [0.2, 0.25) is 0 Å². The maximum Gasteiger partial charge on any atom is 0.262 e. The summed E-state index contributed by atoms with van der Waals surface area (Å²) in [7, 11) is 0. The van der Waals surface area contributed by atoms with Gasteiger partial charge in [-0.05, 0) is 55.3 Å². The van der Waals surface area contributed by atoms with Crippen LogP contribution in [0.4, 0.5) is 5.69 Å². The number of amides is 1. The van der Waals surface area contributed by atoms with Gasteiger partial charge in [0.05, 0.1) is 11.7 Å². The zero-order chi connectivity index (χ0) is 16.4. The SMILES string of the molecule is Cc1cc(OCC(=O)Nc2ccc3[nH]ncc3c2)cc(C)c1Cl. The fraction of sp³-hybridized carbons (Fsp3) is 0.176. The standard InChI is InChI=1S/C17H16ClN3O2/c1-10-5-14(6-11(2)17(10)18)23-9-16(22)20-13-3-4-15-12(7-13)8-19-21-15/h3-8H,9H2,1-2H3,(H,19,21)(H,20,22). The number of aromatic nitrogens is 2. The zero-order valence-electron chi connectivity index (χ0n) is 12.8. The number of anilines is 1. The molecule has 0 saturated carbocycles. The Morgan fingerprint density at radius 1 is 1.26 bits per heavy atom. The van der Waals surface area contributed by atoms with Crippen molar-refractivity contribution < 1.29 is 9.53 Å². The van der Waals surface area contributed by atoms with Gasteiger partial charge in [-0.2, -0.15) is 5.10 Å². The van der Waals surface area contributed by atoms with E-state index in [1.165, 1.54) is 0 Å². The van der Waals surface area contributed by atoms with Crippen molar-refractivity contribution in [2.24, 2.45) is 0 Å². The number of carbonyl (C=O) groups excluding carboxylic acids is 1. The van der Waals surface area contributed by atoms with Gasteiger partial charge in [0.25, 0.3) is 5.91 Å². The first-order valence-electron chi connectivity index (χ1n) is 7.15. The number of H-pyrrole nitrogens is 1. The van der Waals surface area contributed by atoms with Gasteiger partial charge in [-0.15, -0.1) is 0 Å². The predicted molar refractivity (Wildman–Crippen MR) is 91.1 cm³/mol. The van der Waals surface area contributed by atoms with E-state index in [1.54, 1.807) is 6.20 Å². The molecular weight excluding hydrogens is 314 g/mol. The lowest BCUT2D eigenvalue weighted by Crippen LogP contribution is -2.20. The number of ether oxygens (including phenoxy) is 1. The molecule has 0 bridgehead atoms. The number of nitrogens with one attached hydrogen (secondary N) is 2. The average molecular weight is 330 g/mol. The highest BCUT2D eigenvalue weighted by Gasteiger charge is 2.07. The van der Waals surface area contributed by atoms with Gasteiger partial charge in [0.1, 0.15) is 5.75 Å². The summed E-state index contributed by atoms with van der Waals surface area (Å²) in [5, 5.41) is 11.3. The third-order valence-electron chi connectivity index (χ3n) is 3.50. The molecule has 0 atom stereocenters. The molecule has 0 aliphatic carbocycles. The van der Waals surface area contributed by atoms with Gasteiger partial charge in [0.15, 0.2) is 6.61 Å². The van der Waals surface area contributed by atoms with Crippen LogP contribution in [-0.4, -0.2) is 22.7 Å². The highest BCUT2D eigenvalue weighted by molar-refractivity contribution is 6.32. The van der Waals surface area contributed by atoms with Gasteiger partial charge in [0, 0.05) is 16.1 Å². The van der Waals surface area contributed by atoms with Crippen LogP contribution in [-0.2, 0) is 4.79 Å². The van der Waals surface area contributed by atoms with E-state index in [1.807, 2.05) is 44.2 Å². The van der Waals surface area contributed by atoms with Crippen molar-refractivity contribution in [2.75, 3.05) is 11.9 Å². The summed E-state index contributed by atoms with van der Waals surface area (Å²) in [6, 6.07) is 9.17. The summed E-state index contributed by atoms with van der Waals surface area (Å²) in [6.07, 6.45) is 1.71. The zero-order valence-corrected chi connectivity index (χ0v) is 13.6. The van der Waals surface area contributed by atoms with Gasteiger partial charge < -0.3 is 10.1 Å². The quantitative estimate of drug-likeness (QED) is 0.764. The van der Waals surface area contributed by atoms with Crippen LogP contribution in [0.3, 0.4) is 0 Å².